The van der Waals surface area contributed by atoms with Crippen LogP contribution in [0.1, 0.15) is 26.2 Å². The number of nitrogens with zero attached hydrogens (tertiary/aromatic N) is 4. The van der Waals surface area contributed by atoms with E-state index in [1.54, 1.807) is 6.33 Å². The lowest BCUT2D eigenvalue weighted by Gasteiger charge is -2.41. The summed E-state index contributed by atoms with van der Waals surface area (Å²) in [6.45, 7) is 4.57. The van der Waals surface area contributed by atoms with Crippen LogP contribution < -0.4 is 4.90 Å². The second-order valence-corrected chi connectivity index (χ2v) is 7.15. The molecule has 130 valence electrons. The Labute approximate surface area is 148 Å². The Balaban J connectivity index is 1.51. The molecular formula is C20H24N4O. The number of carbonyl (C=O) groups is 1. The van der Waals surface area contributed by atoms with E-state index in [-0.39, 0.29) is 6.04 Å². The predicted octanol–water partition coefficient (Wildman–Crippen LogP) is 2.98. The topological polar surface area (TPSA) is 49.3 Å². The van der Waals surface area contributed by atoms with Gasteiger partial charge in [0.1, 0.15) is 6.33 Å². The summed E-state index contributed by atoms with van der Waals surface area (Å²) in [4.78, 5) is 25.6. The number of hydrogen-bond acceptors (Lipinski definition) is 4. The smallest absolute Gasteiger partial charge is 0.223 e. The molecule has 2 heterocycles. The van der Waals surface area contributed by atoms with E-state index in [0.717, 1.165) is 43.0 Å². The van der Waals surface area contributed by atoms with Crippen molar-refractivity contribution in [2.24, 2.45) is 5.92 Å². The van der Waals surface area contributed by atoms with E-state index in [1.165, 1.54) is 12.8 Å². The Hall–Kier alpha value is -2.43. The third-order valence-electron chi connectivity index (χ3n) is 5.19. The van der Waals surface area contributed by atoms with Crippen LogP contribution in [0.15, 0.2) is 42.9 Å². The minimum absolute atomic E-state index is 0.212. The van der Waals surface area contributed by atoms with Gasteiger partial charge in [0.05, 0.1) is 17.6 Å². The molecule has 2 aromatic rings. The molecule has 1 amide bonds. The molecule has 0 N–H and O–H groups in total. The second kappa shape index (κ2) is 6.82. The van der Waals surface area contributed by atoms with E-state index in [4.69, 9.17) is 0 Å². The summed E-state index contributed by atoms with van der Waals surface area (Å²) in [7, 11) is 0. The molecule has 1 saturated heterocycles. The fourth-order valence-corrected chi connectivity index (χ4v) is 3.61. The molecule has 25 heavy (non-hydrogen) atoms. The summed E-state index contributed by atoms with van der Waals surface area (Å²) in [5, 5.41) is 0. The van der Waals surface area contributed by atoms with Gasteiger partial charge in [0, 0.05) is 37.7 Å². The molecule has 1 saturated carbocycles. The van der Waals surface area contributed by atoms with E-state index < -0.39 is 0 Å². The molecular weight excluding hydrogens is 312 g/mol. The van der Waals surface area contributed by atoms with Crippen molar-refractivity contribution in [3.63, 3.8) is 0 Å². The molecule has 4 rings (SSSR count). The SMILES string of the molecule is C[C@@H]1CN(c2cncnc2-c2ccccc2)CCN1C(=O)CC1CC1. The van der Waals surface area contributed by atoms with E-state index in [0.29, 0.717) is 11.8 Å². The minimum atomic E-state index is 0.212. The number of anilines is 1. The number of aromatic nitrogens is 2. The van der Waals surface area contributed by atoms with E-state index in [2.05, 4.69) is 38.8 Å². The van der Waals surface area contributed by atoms with Crippen molar-refractivity contribution in [3.8, 4) is 11.3 Å². The van der Waals surface area contributed by atoms with Gasteiger partial charge in [-0.05, 0) is 25.7 Å². The Morgan fingerprint density at radius 1 is 1.20 bits per heavy atom. The lowest BCUT2D eigenvalue weighted by Crippen LogP contribution is -2.54. The van der Waals surface area contributed by atoms with Crippen molar-refractivity contribution in [3.05, 3.63) is 42.9 Å². The predicted molar refractivity (Wildman–Crippen MR) is 98.2 cm³/mol. The van der Waals surface area contributed by atoms with Crippen molar-refractivity contribution >= 4 is 11.6 Å². The lowest BCUT2D eigenvalue weighted by atomic mass is 10.1. The summed E-state index contributed by atoms with van der Waals surface area (Å²) in [6.07, 6.45) is 6.67. The number of piperazine rings is 1. The van der Waals surface area contributed by atoms with Crippen LogP contribution in [-0.2, 0) is 4.79 Å². The quantitative estimate of drug-likeness (QED) is 0.861. The van der Waals surface area contributed by atoms with Gasteiger partial charge in [0.15, 0.2) is 0 Å². The van der Waals surface area contributed by atoms with E-state index in [9.17, 15) is 4.79 Å². The molecule has 1 aromatic carbocycles. The first-order valence-corrected chi connectivity index (χ1v) is 9.12. The van der Waals surface area contributed by atoms with Gasteiger partial charge in [0.2, 0.25) is 5.91 Å². The van der Waals surface area contributed by atoms with Crippen molar-refractivity contribution in [1.29, 1.82) is 0 Å². The summed E-state index contributed by atoms with van der Waals surface area (Å²) >= 11 is 0. The van der Waals surface area contributed by atoms with Gasteiger partial charge in [-0.2, -0.15) is 0 Å². The average molecular weight is 336 g/mol. The van der Waals surface area contributed by atoms with Crippen LogP contribution in [0.4, 0.5) is 5.69 Å². The van der Waals surface area contributed by atoms with Crippen LogP contribution in [0.2, 0.25) is 0 Å². The first-order chi connectivity index (χ1) is 12.2. The number of benzene rings is 1. The Bertz CT molecular complexity index is 744. The molecule has 2 aliphatic rings. The van der Waals surface area contributed by atoms with Gasteiger partial charge in [-0.1, -0.05) is 30.3 Å². The summed E-state index contributed by atoms with van der Waals surface area (Å²) in [5.41, 5.74) is 3.11. The molecule has 1 atom stereocenters. The molecule has 1 aliphatic carbocycles. The van der Waals surface area contributed by atoms with Gasteiger partial charge < -0.3 is 9.80 Å². The fourth-order valence-electron chi connectivity index (χ4n) is 3.61. The first-order valence-electron chi connectivity index (χ1n) is 9.12. The highest BCUT2D eigenvalue weighted by atomic mass is 16.2. The number of rotatable bonds is 4. The molecule has 5 nitrogen and oxygen atoms in total. The third kappa shape index (κ3) is 3.50. The molecule has 1 aliphatic heterocycles. The van der Waals surface area contributed by atoms with Crippen molar-refractivity contribution in [2.75, 3.05) is 24.5 Å². The van der Waals surface area contributed by atoms with E-state index in [1.807, 2.05) is 24.4 Å². The van der Waals surface area contributed by atoms with Crippen molar-refractivity contribution < 1.29 is 4.79 Å². The minimum Gasteiger partial charge on any atom is -0.365 e. The molecule has 2 fully saturated rings. The summed E-state index contributed by atoms with van der Waals surface area (Å²) in [5.74, 6) is 0.965. The van der Waals surface area contributed by atoms with Gasteiger partial charge in [-0.15, -0.1) is 0 Å². The van der Waals surface area contributed by atoms with Crippen LogP contribution in [0.3, 0.4) is 0 Å². The zero-order chi connectivity index (χ0) is 17.2. The van der Waals surface area contributed by atoms with E-state index >= 15 is 0 Å². The monoisotopic (exact) mass is 336 g/mol. The van der Waals surface area contributed by atoms with Crippen LogP contribution in [0, 0.1) is 5.92 Å². The van der Waals surface area contributed by atoms with Crippen LogP contribution in [0.25, 0.3) is 11.3 Å². The maximum Gasteiger partial charge on any atom is 0.223 e. The third-order valence-corrected chi connectivity index (χ3v) is 5.19. The highest BCUT2D eigenvalue weighted by Crippen LogP contribution is 2.34. The molecule has 1 aromatic heterocycles. The second-order valence-electron chi connectivity index (χ2n) is 7.15. The highest BCUT2D eigenvalue weighted by molar-refractivity contribution is 5.78. The molecule has 0 spiro atoms. The Morgan fingerprint density at radius 3 is 2.72 bits per heavy atom. The zero-order valence-electron chi connectivity index (χ0n) is 14.6. The summed E-state index contributed by atoms with van der Waals surface area (Å²) in [6, 6.07) is 10.4. The van der Waals surface area contributed by atoms with Crippen molar-refractivity contribution in [1.82, 2.24) is 14.9 Å². The fraction of sp³-hybridized carbons (Fsp3) is 0.450. The maximum atomic E-state index is 12.5. The molecule has 0 radical (unpaired) electrons. The van der Waals surface area contributed by atoms with Gasteiger partial charge in [-0.25, -0.2) is 9.97 Å². The van der Waals surface area contributed by atoms with Gasteiger partial charge >= 0.3 is 0 Å². The highest BCUT2D eigenvalue weighted by Gasteiger charge is 2.32. The van der Waals surface area contributed by atoms with Crippen LogP contribution in [0.5, 0.6) is 0 Å². The molecule has 5 heteroatoms. The van der Waals surface area contributed by atoms with Crippen LogP contribution >= 0.6 is 0 Å². The largest absolute Gasteiger partial charge is 0.365 e. The van der Waals surface area contributed by atoms with Crippen LogP contribution in [-0.4, -0.2) is 46.5 Å². The number of amides is 1. The number of hydrogen-bond donors (Lipinski definition) is 0. The normalized spacial score (nSPS) is 20.6. The Kier molecular flexibility index (Phi) is 4.38. The summed E-state index contributed by atoms with van der Waals surface area (Å²) < 4.78 is 0. The standard InChI is InChI=1S/C20H24N4O/c1-15-13-23(9-10-24(15)19(25)11-16-7-8-16)18-12-21-14-22-20(18)17-5-3-2-4-6-17/h2-6,12,14-16H,7-11,13H2,1H3/t15-/m1/s1. The van der Waals surface area contributed by atoms with Crippen molar-refractivity contribution in [2.45, 2.75) is 32.2 Å². The number of carbonyl (C=O) groups excluding carboxylic acids is 1. The van der Waals surface area contributed by atoms with Gasteiger partial charge in [0.25, 0.3) is 0 Å². The zero-order valence-corrected chi connectivity index (χ0v) is 14.6. The lowest BCUT2D eigenvalue weighted by molar-refractivity contribution is -0.133. The maximum absolute atomic E-state index is 12.5. The molecule has 0 bridgehead atoms. The van der Waals surface area contributed by atoms with Gasteiger partial charge in [-0.3, -0.25) is 4.79 Å². The first kappa shape index (κ1) is 16.1. The average Bonchev–Trinajstić information content (AvgIpc) is 3.46. The Morgan fingerprint density at radius 2 is 2.00 bits per heavy atom. The molecule has 0 unspecified atom stereocenters.